The van der Waals surface area contributed by atoms with Crippen molar-refractivity contribution in [3.05, 3.63) is 35.9 Å². The summed E-state index contributed by atoms with van der Waals surface area (Å²) in [5, 5.41) is 4.05. The van der Waals surface area contributed by atoms with Crippen molar-refractivity contribution in [1.29, 1.82) is 0 Å². The van der Waals surface area contributed by atoms with Crippen LogP contribution in [0.15, 0.2) is 35.5 Å². The van der Waals surface area contributed by atoms with Crippen LogP contribution in [0.4, 0.5) is 0 Å². The fraction of sp³-hybridized carbons (Fsp3) is 0.556. The highest BCUT2D eigenvalue weighted by atomic mass is 16.7. The second-order valence-electron chi connectivity index (χ2n) is 6.15. The summed E-state index contributed by atoms with van der Waals surface area (Å²) in [6, 6.07) is 10.2. The van der Waals surface area contributed by atoms with Gasteiger partial charge in [0.25, 0.3) is 0 Å². The minimum absolute atomic E-state index is 0.155. The Morgan fingerprint density at radius 3 is 2.71 bits per heavy atom. The molecule has 114 valence electrons. The van der Waals surface area contributed by atoms with E-state index >= 15 is 0 Å². The molecular weight excluding hydrogens is 262 g/mol. The standard InChI is InChI=1S/C18H25NO2/c1-3-4-5-9-12-17(20)16-14-18(2,21-19-16)13-15-10-7-6-8-11-15/h6-8,10-11H,3-5,9,12-14H2,1-2H3. The predicted molar refractivity (Wildman–Crippen MR) is 85.5 cm³/mol. The summed E-state index contributed by atoms with van der Waals surface area (Å²) in [5.41, 5.74) is 1.45. The summed E-state index contributed by atoms with van der Waals surface area (Å²) in [5.74, 6) is 0.155. The van der Waals surface area contributed by atoms with Crippen molar-refractivity contribution in [2.75, 3.05) is 0 Å². The molecule has 0 radical (unpaired) electrons. The summed E-state index contributed by atoms with van der Waals surface area (Å²) in [7, 11) is 0. The zero-order valence-corrected chi connectivity index (χ0v) is 13.1. The molecule has 1 aromatic carbocycles. The summed E-state index contributed by atoms with van der Waals surface area (Å²) >= 11 is 0. The molecule has 1 aliphatic heterocycles. The second-order valence-corrected chi connectivity index (χ2v) is 6.15. The van der Waals surface area contributed by atoms with Crippen molar-refractivity contribution >= 4 is 11.5 Å². The molecular formula is C18H25NO2. The first-order chi connectivity index (χ1) is 10.1. The number of unbranched alkanes of at least 4 members (excludes halogenated alkanes) is 3. The van der Waals surface area contributed by atoms with Crippen molar-refractivity contribution < 1.29 is 9.63 Å². The summed E-state index contributed by atoms with van der Waals surface area (Å²) < 4.78 is 0. The fourth-order valence-electron chi connectivity index (χ4n) is 2.71. The van der Waals surface area contributed by atoms with Crippen LogP contribution in [-0.2, 0) is 16.1 Å². The van der Waals surface area contributed by atoms with Gasteiger partial charge in [-0.05, 0) is 18.9 Å². The molecule has 0 saturated heterocycles. The van der Waals surface area contributed by atoms with Crippen LogP contribution in [0, 0.1) is 0 Å². The van der Waals surface area contributed by atoms with Crippen LogP contribution in [-0.4, -0.2) is 17.1 Å². The van der Waals surface area contributed by atoms with E-state index in [1.165, 1.54) is 18.4 Å². The Labute approximate surface area is 127 Å². The van der Waals surface area contributed by atoms with Gasteiger partial charge in [0, 0.05) is 19.3 Å². The first-order valence-corrected chi connectivity index (χ1v) is 7.95. The lowest BCUT2D eigenvalue weighted by atomic mass is 9.90. The van der Waals surface area contributed by atoms with E-state index < -0.39 is 0 Å². The number of nitrogens with zero attached hydrogens (tertiary/aromatic N) is 1. The van der Waals surface area contributed by atoms with E-state index in [0.717, 1.165) is 19.3 Å². The van der Waals surface area contributed by atoms with E-state index in [0.29, 0.717) is 18.6 Å². The zero-order valence-electron chi connectivity index (χ0n) is 13.1. The van der Waals surface area contributed by atoms with Crippen LogP contribution in [0.25, 0.3) is 0 Å². The molecule has 1 aromatic rings. The molecule has 0 fully saturated rings. The molecule has 0 aromatic heterocycles. The van der Waals surface area contributed by atoms with Gasteiger partial charge in [-0.25, -0.2) is 0 Å². The van der Waals surface area contributed by atoms with Crippen molar-refractivity contribution in [1.82, 2.24) is 0 Å². The van der Waals surface area contributed by atoms with Crippen molar-refractivity contribution in [3.8, 4) is 0 Å². The van der Waals surface area contributed by atoms with Gasteiger partial charge in [0.1, 0.15) is 11.3 Å². The van der Waals surface area contributed by atoms with Crippen LogP contribution >= 0.6 is 0 Å². The third-order valence-electron chi connectivity index (χ3n) is 3.92. The first-order valence-electron chi connectivity index (χ1n) is 7.95. The SMILES string of the molecule is CCCCCCC(=O)C1=NOC(C)(Cc2ccccc2)C1. The van der Waals surface area contributed by atoms with Crippen molar-refractivity contribution in [2.45, 2.75) is 64.4 Å². The maximum absolute atomic E-state index is 12.1. The minimum atomic E-state index is -0.379. The summed E-state index contributed by atoms with van der Waals surface area (Å²) in [4.78, 5) is 17.7. The smallest absolute Gasteiger partial charge is 0.180 e. The van der Waals surface area contributed by atoms with E-state index in [-0.39, 0.29) is 11.4 Å². The minimum Gasteiger partial charge on any atom is -0.388 e. The highest BCUT2D eigenvalue weighted by Gasteiger charge is 2.36. The van der Waals surface area contributed by atoms with Gasteiger partial charge >= 0.3 is 0 Å². The largest absolute Gasteiger partial charge is 0.388 e. The quantitative estimate of drug-likeness (QED) is 0.668. The molecule has 1 aliphatic rings. The highest BCUT2D eigenvalue weighted by molar-refractivity contribution is 6.40. The van der Waals surface area contributed by atoms with Gasteiger partial charge in [-0.1, -0.05) is 61.7 Å². The maximum atomic E-state index is 12.1. The molecule has 1 heterocycles. The van der Waals surface area contributed by atoms with Gasteiger partial charge in [-0.15, -0.1) is 0 Å². The molecule has 0 amide bonds. The Kier molecular flexibility index (Phi) is 5.54. The topological polar surface area (TPSA) is 38.7 Å². The molecule has 2 rings (SSSR count). The number of rotatable bonds is 8. The number of Topliss-reactive ketones (excluding diaryl/α,β-unsaturated/α-hetero) is 1. The Bertz CT molecular complexity index is 495. The number of ketones is 1. The molecule has 0 spiro atoms. The molecule has 3 nitrogen and oxygen atoms in total. The maximum Gasteiger partial charge on any atom is 0.180 e. The van der Waals surface area contributed by atoms with Crippen molar-refractivity contribution in [2.24, 2.45) is 5.16 Å². The Hall–Kier alpha value is -1.64. The van der Waals surface area contributed by atoms with Crippen LogP contribution < -0.4 is 0 Å². The number of carbonyl (C=O) groups is 1. The van der Waals surface area contributed by atoms with Gasteiger partial charge in [0.2, 0.25) is 0 Å². The van der Waals surface area contributed by atoms with Crippen molar-refractivity contribution in [3.63, 3.8) is 0 Å². The van der Waals surface area contributed by atoms with E-state index in [9.17, 15) is 4.79 Å². The summed E-state index contributed by atoms with van der Waals surface area (Å²) in [6.45, 7) is 4.20. The molecule has 0 N–H and O–H groups in total. The molecule has 1 unspecified atom stereocenters. The highest BCUT2D eigenvalue weighted by Crippen LogP contribution is 2.28. The lowest BCUT2D eigenvalue weighted by Gasteiger charge is -2.21. The van der Waals surface area contributed by atoms with Gasteiger partial charge < -0.3 is 4.84 Å². The number of benzene rings is 1. The van der Waals surface area contributed by atoms with E-state index in [2.05, 4.69) is 24.2 Å². The van der Waals surface area contributed by atoms with E-state index in [4.69, 9.17) is 4.84 Å². The van der Waals surface area contributed by atoms with Crippen LogP contribution in [0.2, 0.25) is 0 Å². The molecule has 0 aliphatic carbocycles. The summed E-state index contributed by atoms with van der Waals surface area (Å²) in [6.07, 6.45) is 6.47. The van der Waals surface area contributed by atoms with Gasteiger partial charge in [0.15, 0.2) is 5.78 Å². The molecule has 1 atom stereocenters. The Morgan fingerprint density at radius 2 is 2.00 bits per heavy atom. The molecule has 0 saturated carbocycles. The van der Waals surface area contributed by atoms with E-state index in [1.54, 1.807) is 0 Å². The fourth-order valence-corrected chi connectivity index (χ4v) is 2.71. The average molecular weight is 287 g/mol. The number of carbonyl (C=O) groups excluding carboxylic acids is 1. The average Bonchev–Trinajstić information content (AvgIpc) is 2.87. The lowest BCUT2D eigenvalue weighted by molar-refractivity contribution is -0.113. The van der Waals surface area contributed by atoms with Gasteiger partial charge in [-0.2, -0.15) is 0 Å². The Balaban J connectivity index is 1.82. The third-order valence-corrected chi connectivity index (χ3v) is 3.92. The monoisotopic (exact) mass is 287 g/mol. The predicted octanol–water partition coefficient (Wildman–Crippen LogP) is 4.30. The third kappa shape index (κ3) is 4.69. The normalized spacial score (nSPS) is 21.0. The lowest BCUT2D eigenvalue weighted by Crippen LogP contribution is -2.29. The molecule has 21 heavy (non-hydrogen) atoms. The van der Waals surface area contributed by atoms with Gasteiger partial charge in [-0.3, -0.25) is 4.79 Å². The van der Waals surface area contributed by atoms with Gasteiger partial charge in [0.05, 0.1) is 0 Å². The number of hydrogen-bond acceptors (Lipinski definition) is 3. The first kappa shape index (κ1) is 15.7. The van der Waals surface area contributed by atoms with E-state index in [1.807, 2.05) is 25.1 Å². The van der Waals surface area contributed by atoms with Crippen LogP contribution in [0.3, 0.4) is 0 Å². The second kappa shape index (κ2) is 7.39. The number of oxime groups is 1. The van der Waals surface area contributed by atoms with Crippen LogP contribution in [0.1, 0.15) is 57.9 Å². The zero-order chi connectivity index (χ0) is 15.1. The molecule has 3 heteroatoms. The molecule has 0 bridgehead atoms. The Morgan fingerprint density at radius 1 is 1.24 bits per heavy atom. The number of hydrogen-bond donors (Lipinski definition) is 0. The van der Waals surface area contributed by atoms with Crippen LogP contribution in [0.5, 0.6) is 0 Å².